The average molecular weight is 457 g/mol. The quantitative estimate of drug-likeness (QED) is 0.466. The summed E-state index contributed by atoms with van der Waals surface area (Å²) < 4.78 is 10.7. The SMILES string of the molecule is CCC(C)(C)[C@H]1CCc2c(sc(NC(=O)CSc3nnc(-c4ccco4)o3)c2C#N)C1. The van der Waals surface area contributed by atoms with Crippen LogP contribution in [0.15, 0.2) is 32.5 Å². The van der Waals surface area contributed by atoms with E-state index in [1.807, 2.05) is 0 Å². The highest BCUT2D eigenvalue weighted by Crippen LogP contribution is 2.45. The number of nitrogens with one attached hydrogen (secondary N) is 1. The first-order valence-corrected chi connectivity index (χ1v) is 12.1. The van der Waals surface area contributed by atoms with Gasteiger partial charge in [-0.05, 0) is 48.3 Å². The molecule has 1 aliphatic carbocycles. The molecular formula is C22H24N4O3S2. The fourth-order valence-corrected chi connectivity index (χ4v) is 5.66. The molecule has 1 aliphatic rings. The number of rotatable bonds is 7. The molecule has 0 unspecified atom stereocenters. The number of hydrogen-bond acceptors (Lipinski definition) is 8. The Kier molecular flexibility index (Phi) is 6.21. The van der Waals surface area contributed by atoms with Gasteiger partial charge in [0, 0.05) is 4.88 Å². The average Bonchev–Trinajstić information content (AvgIpc) is 3.50. The molecule has 1 N–H and O–H groups in total. The number of furan rings is 1. The fraction of sp³-hybridized carbons (Fsp3) is 0.455. The topological polar surface area (TPSA) is 105 Å². The van der Waals surface area contributed by atoms with Crippen molar-refractivity contribution in [1.82, 2.24) is 10.2 Å². The zero-order valence-corrected chi connectivity index (χ0v) is 19.4. The van der Waals surface area contributed by atoms with Crippen LogP contribution in [0, 0.1) is 22.7 Å². The molecule has 162 valence electrons. The van der Waals surface area contributed by atoms with Crippen LogP contribution in [-0.4, -0.2) is 21.9 Å². The maximum atomic E-state index is 12.5. The Hall–Kier alpha value is -2.57. The molecule has 4 rings (SSSR count). The molecule has 0 saturated heterocycles. The summed E-state index contributed by atoms with van der Waals surface area (Å²) in [6.07, 6.45) is 5.60. The molecular weight excluding hydrogens is 432 g/mol. The van der Waals surface area contributed by atoms with Gasteiger partial charge in [-0.25, -0.2) is 0 Å². The Labute approximate surface area is 189 Å². The number of fused-ring (bicyclic) bond motifs is 1. The van der Waals surface area contributed by atoms with Crippen molar-refractivity contribution in [2.45, 2.75) is 51.7 Å². The molecule has 0 aromatic carbocycles. The monoisotopic (exact) mass is 456 g/mol. The van der Waals surface area contributed by atoms with E-state index in [4.69, 9.17) is 8.83 Å². The van der Waals surface area contributed by atoms with Gasteiger partial charge in [-0.1, -0.05) is 39.0 Å². The molecule has 1 amide bonds. The molecule has 0 fully saturated rings. The third kappa shape index (κ3) is 4.55. The van der Waals surface area contributed by atoms with Gasteiger partial charge >= 0.3 is 0 Å². The lowest BCUT2D eigenvalue weighted by molar-refractivity contribution is -0.113. The predicted molar refractivity (Wildman–Crippen MR) is 120 cm³/mol. The van der Waals surface area contributed by atoms with Crippen LogP contribution >= 0.6 is 23.1 Å². The summed E-state index contributed by atoms with van der Waals surface area (Å²) >= 11 is 2.69. The number of thiophene rings is 1. The van der Waals surface area contributed by atoms with Crippen LogP contribution in [0.5, 0.6) is 0 Å². The summed E-state index contributed by atoms with van der Waals surface area (Å²) in [4.78, 5) is 13.8. The molecule has 3 heterocycles. The highest BCUT2D eigenvalue weighted by molar-refractivity contribution is 7.99. The van der Waals surface area contributed by atoms with Crippen molar-refractivity contribution in [2.24, 2.45) is 11.3 Å². The molecule has 0 saturated carbocycles. The number of anilines is 1. The van der Waals surface area contributed by atoms with E-state index in [0.717, 1.165) is 43.0 Å². The lowest BCUT2D eigenvalue weighted by atomic mass is 9.69. The summed E-state index contributed by atoms with van der Waals surface area (Å²) in [5.74, 6) is 1.25. The van der Waals surface area contributed by atoms with Gasteiger partial charge in [-0.3, -0.25) is 4.79 Å². The van der Waals surface area contributed by atoms with E-state index in [1.165, 1.54) is 11.1 Å². The number of hydrogen-bond donors (Lipinski definition) is 1. The standard InChI is InChI=1S/C22H24N4O3S2/c1-4-22(2,3)13-7-8-14-15(11-23)20(31-17(14)10-13)24-18(27)12-30-21-26-25-19(29-21)16-6-5-9-28-16/h5-6,9,13H,4,7-8,10,12H2,1-3H3,(H,24,27)/t13-/m0/s1. The van der Waals surface area contributed by atoms with Gasteiger partial charge in [0.25, 0.3) is 11.1 Å². The smallest absolute Gasteiger partial charge is 0.284 e. The Balaban J connectivity index is 1.40. The summed E-state index contributed by atoms with van der Waals surface area (Å²) in [5, 5.41) is 21.4. The normalized spacial score (nSPS) is 16.0. The number of amides is 1. The second kappa shape index (κ2) is 8.89. The Morgan fingerprint density at radius 2 is 2.29 bits per heavy atom. The first-order chi connectivity index (χ1) is 14.9. The van der Waals surface area contributed by atoms with E-state index in [0.29, 0.717) is 22.2 Å². The minimum absolute atomic E-state index is 0.110. The van der Waals surface area contributed by atoms with E-state index >= 15 is 0 Å². The first kappa shape index (κ1) is 21.7. The Morgan fingerprint density at radius 1 is 1.45 bits per heavy atom. The van der Waals surface area contributed by atoms with Crippen LogP contribution in [0.3, 0.4) is 0 Å². The molecule has 7 nitrogen and oxygen atoms in total. The van der Waals surface area contributed by atoms with Gasteiger partial charge in [0.15, 0.2) is 5.76 Å². The number of nitriles is 1. The largest absolute Gasteiger partial charge is 0.459 e. The van der Waals surface area contributed by atoms with E-state index in [1.54, 1.807) is 23.5 Å². The lowest BCUT2D eigenvalue weighted by Gasteiger charge is -2.36. The van der Waals surface area contributed by atoms with Crippen LogP contribution < -0.4 is 5.32 Å². The summed E-state index contributed by atoms with van der Waals surface area (Å²) in [5.41, 5.74) is 2.00. The maximum absolute atomic E-state index is 12.5. The minimum atomic E-state index is -0.205. The van der Waals surface area contributed by atoms with Crippen molar-refractivity contribution < 1.29 is 13.6 Å². The molecule has 3 aromatic rings. The fourth-order valence-electron chi connectivity index (χ4n) is 3.81. The number of carbonyl (C=O) groups is 1. The predicted octanol–water partition coefficient (Wildman–Crippen LogP) is 5.53. The zero-order valence-electron chi connectivity index (χ0n) is 17.7. The third-order valence-corrected chi connectivity index (χ3v) is 8.10. The maximum Gasteiger partial charge on any atom is 0.284 e. The van der Waals surface area contributed by atoms with Crippen LogP contribution in [0.25, 0.3) is 11.7 Å². The van der Waals surface area contributed by atoms with Crippen LogP contribution in [-0.2, 0) is 17.6 Å². The van der Waals surface area contributed by atoms with Crippen molar-refractivity contribution in [3.63, 3.8) is 0 Å². The van der Waals surface area contributed by atoms with Crippen molar-refractivity contribution in [3.8, 4) is 17.7 Å². The van der Waals surface area contributed by atoms with E-state index < -0.39 is 0 Å². The second-order valence-electron chi connectivity index (χ2n) is 8.29. The third-order valence-electron chi connectivity index (χ3n) is 6.11. The van der Waals surface area contributed by atoms with E-state index in [9.17, 15) is 10.1 Å². The lowest BCUT2D eigenvalue weighted by Crippen LogP contribution is -2.28. The molecule has 9 heteroatoms. The van der Waals surface area contributed by atoms with Crippen molar-refractivity contribution in [3.05, 3.63) is 34.4 Å². The number of nitrogens with zero attached hydrogens (tertiary/aromatic N) is 3. The van der Waals surface area contributed by atoms with E-state index in [-0.39, 0.29) is 28.2 Å². The second-order valence-corrected chi connectivity index (χ2v) is 10.3. The highest BCUT2D eigenvalue weighted by atomic mass is 32.2. The zero-order chi connectivity index (χ0) is 22.0. The summed E-state index contributed by atoms with van der Waals surface area (Å²) in [6.45, 7) is 6.86. The van der Waals surface area contributed by atoms with Crippen LogP contribution in [0.2, 0.25) is 0 Å². The van der Waals surface area contributed by atoms with Crippen molar-refractivity contribution >= 4 is 34.0 Å². The van der Waals surface area contributed by atoms with Gasteiger partial charge < -0.3 is 14.2 Å². The Bertz CT molecular complexity index is 1110. The summed E-state index contributed by atoms with van der Waals surface area (Å²) in [6, 6.07) is 5.77. The van der Waals surface area contributed by atoms with Crippen LogP contribution in [0.4, 0.5) is 5.00 Å². The molecule has 1 atom stereocenters. The van der Waals surface area contributed by atoms with Gasteiger partial charge in [-0.15, -0.1) is 21.5 Å². The highest BCUT2D eigenvalue weighted by Gasteiger charge is 2.34. The van der Waals surface area contributed by atoms with Crippen LogP contribution in [0.1, 0.15) is 49.6 Å². The molecule has 0 radical (unpaired) electrons. The first-order valence-electron chi connectivity index (χ1n) is 10.3. The van der Waals surface area contributed by atoms with E-state index in [2.05, 4.69) is 42.4 Å². The molecule has 0 aliphatic heterocycles. The number of aromatic nitrogens is 2. The van der Waals surface area contributed by atoms with Crippen molar-refractivity contribution in [1.29, 1.82) is 5.26 Å². The minimum Gasteiger partial charge on any atom is -0.459 e. The summed E-state index contributed by atoms with van der Waals surface area (Å²) in [7, 11) is 0. The molecule has 31 heavy (non-hydrogen) atoms. The number of carbonyl (C=O) groups excluding carboxylic acids is 1. The van der Waals surface area contributed by atoms with Crippen molar-refractivity contribution in [2.75, 3.05) is 11.1 Å². The van der Waals surface area contributed by atoms with Gasteiger partial charge in [0.2, 0.25) is 5.91 Å². The van der Waals surface area contributed by atoms with Gasteiger partial charge in [0.1, 0.15) is 11.1 Å². The molecule has 3 aromatic heterocycles. The van der Waals surface area contributed by atoms with Gasteiger partial charge in [0.05, 0.1) is 17.6 Å². The Morgan fingerprint density at radius 3 is 3.00 bits per heavy atom. The molecule has 0 bridgehead atoms. The van der Waals surface area contributed by atoms with Gasteiger partial charge in [-0.2, -0.15) is 5.26 Å². The molecule has 0 spiro atoms. The number of thioether (sulfide) groups is 1.